The second-order valence-corrected chi connectivity index (χ2v) is 7.09. The van der Waals surface area contributed by atoms with Gasteiger partial charge in [0.15, 0.2) is 0 Å². The Morgan fingerprint density at radius 2 is 2.15 bits per heavy atom. The van der Waals surface area contributed by atoms with Crippen LogP contribution in [0.4, 0.5) is 5.69 Å². The third kappa shape index (κ3) is 2.61. The monoisotopic (exact) mass is 338 g/mol. The van der Waals surface area contributed by atoms with Crippen LogP contribution in [0.15, 0.2) is 22.7 Å². The van der Waals surface area contributed by atoms with Gasteiger partial charge in [-0.3, -0.25) is 4.90 Å². The van der Waals surface area contributed by atoms with E-state index in [0.29, 0.717) is 12.1 Å². The van der Waals surface area contributed by atoms with Crippen LogP contribution in [0, 0.1) is 0 Å². The summed E-state index contributed by atoms with van der Waals surface area (Å²) in [6, 6.07) is 7.39. The molecule has 0 radical (unpaired) electrons. The van der Waals surface area contributed by atoms with Gasteiger partial charge >= 0.3 is 0 Å². The van der Waals surface area contributed by atoms with Crippen LogP contribution in [-0.4, -0.2) is 41.7 Å². The fraction of sp³-hybridized carbons (Fsp3) is 0.625. The molecular weight excluding hydrogens is 316 g/mol. The lowest BCUT2D eigenvalue weighted by Gasteiger charge is -2.44. The molecule has 20 heavy (non-hydrogen) atoms. The maximum atomic E-state index is 10.0. The largest absolute Gasteiger partial charge is 0.389 e. The first-order valence-electron chi connectivity index (χ1n) is 7.54. The molecule has 2 aliphatic rings. The summed E-state index contributed by atoms with van der Waals surface area (Å²) in [6.45, 7) is 7.61. The van der Waals surface area contributed by atoms with Crippen LogP contribution in [0.3, 0.4) is 0 Å². The number of rotatable bonds is 2. The number of anilines is 1. The summed E-state index contributed by atoms with van der Waals surface area (Å²) in [5, 5.41) is 10.0. The van der Waals surface area contributed by atoms with Gasteiger partial charge in [-0.1, -0.05) is 22.0 Å². The number of benzene rings is 1. The number of nitrogens with zero attached hydrogens (tertiary/aromatic N) is 2. The van der Waals surface area contributed by atoms with E-state index in [4.69, 9.17) is 0 Å². The van der Waals surface area contributed by atoms with Crippen LogP contribution in [-0.2, 0) is 0 Å². The number of piperazine rings is 1. The van der Waals surface area contributed by atoms with Gasteiger partial charge in [0.2, 0.25) is 0 Å². The van der Waals surface area contributed by atoms with Crippen LogP contribution < -0.4 is 4.90 Å². The predicted molar refractivity (Wildman–Crippen MR) is 86.2 cm³/mol. The Morgan fingerprint density at radius 1 is 1.35 bits per heavy atom. The van der Waals surface area contributed by atoms with E-state index in [9.17, 15) is 5.11 Å². The second-order valence-electron chi connectivity index (χ2n) is 6.17. The highest BCUT2D eigenvalue weighted by Gasteiger charge is 2.35. The van der Waals surface area contributed by atoms with Gasteiger partial charge in [0.1, 0.15) is 0 Å². The van der Waals surface area contributed by atoms with Crippen LogP contribution in [0.2, 0.25) is 0 Å². The number of aliphatic hydroxyl groups excluding tert-OH is 1. The summed E-state index contributed by atoms with van der Waals surface area (Å²) in [4.78, 5) is 5.11. The van der Waals surface area contributed by atoms with Crippen molar-refractivity contribution >= 4 is 21.6 Å². The number of aliphatic hydroxyl groups is 1. The average molecular weight is 339 g/mol. The third-order valence-corrected chi connectivity index (χ3v) is 5.18. The lowest BCUT2D eigenvalue weighted by atomic mass is 10.0. The zero-order valence-electron chi connectivity index (χ0n) is 12.2. The molecule has 2 aliphatic heterocycles. The number of hydrogen-bond donors (Lipinski definition) is 1. The van der Waals surface area contributed by atoms with Crippen LogP contribution in [0.25, 0.3) is 0 Å². The van der Waals surface area contributed by atoms with E-state index >= 15 is 0 Å². The van der Waals surface area contributed by atoms with Gasteiger partial charge in [-0.05, 0) is 45.4 Å². The minimum absolute atomic E-state index is 0.424. The maximum absolute atomic E-state index is 10.0. The SMILES string of the molecule is CC(O)c1ccc(Br)cc1N1CC2CCCN2CC1C. The lowest BCUT2D eigenvalue weighted by Crippen LogP contribution is -2.55. The summed E-state index contributed by atoms with van der Waals surface area (Å²) in [5.74, 6) is 0. The van der Waals surface area contributed by atoms with Gasteiger partial charge in [-0.25, -0.2) is 0 Å². The highest BCUT2D eigenvalue weighted by Crippen LogP contribution is 2.34. The molecule has 2 fully saturated rings. The molecule has 0 aromatic heterocycles. The summed E-state index contributed by atoms with van der Waals surface area (Å²) in [5.41, 5.74) is 2.22. The maximum Gasteiger partial charge on any atom is 0.0782 e. The zero-order valence-corrected chi connectivity index (χ0v) is 13.8. The van der Waals surface area contributed by atoms with Crippen LogP contribution >= 0.6 is 15.9 Å². The molecule has 0 aliphatic carbocycles. The van der Waals surface area contributed by atoms with Crippen LogP contribution in [0.1, 0.15) is 38.4 Å². The summed E-state index contributed by atoms with van der Waals surface area (Å²) in [6.07, 6.45) is 2.21. The van der Waals surface area contributed by atoms with Crippen LogP contribution in [0.5, 0.6) is 0 Å². The Bertz CT molecular complexity index is 491. The lowest BCUT2D eigenvalue weighted by molar-refractivity contribution is 0.192. The second kappa shape index (κ2) is 5.66. The van der Waals surface area contributed by atoms with Gasteiger partial charge in [0, 0.05) is 40.9 Å². The molecule has 2 heterocycles. The van der Waals surface area contributed by atoms with Crippen molar-refractivity contribution in [3.8, 4) is 0 Å². The number of halogens is 1. The molecule has 3 unspecified atom stereocenters. The molecule has 1 aromatic rings. The van der Waals surface area contributed by atoms with Gasteiger partial charge < -0.3 is 10.0 Å². The average Bonchev–Trinajstić information content (AvgIpc) is 2.84. The summed E-state index contributed by atoms with van der Waals surface area (Å²) in [7, 11) is 0. The topological polar surface area (TPSA) is 26.7 Å². The first-order chi connectivity index (χ1) is 9.56. The molecule has 0 bridgehead atoms. The predicted octanol–water partition coefficient (Wildman–Crippen LogP) is 3.18. The fourth-order valence-corrected chi connectivity index (χ4v) is 3.99. The third-order valence-electron chi connectivity index (χ3n) is 4.69. The van der Waals surface area contributed by atoms with Gasteiger partial charge in [0.25, 0.3) is 0 Å². The van der Waals surface area contributed by atoms with E-state index in [1.807, 2.05) is 19.1 Å². The van der Waals surface area contributed by atoms with Gasteiger partial charge in [0.05, 0.1) is 6.10 Å². The highest BCUT2D eigenvalue weighted by molar-refractivity contribution is 9.10. The Labute approximate surface area is 129 Å². The summed E-state index contributed by atoms with van der Waals surface area (Å²) >= 11 is 3.57. The number of fused-ring (bicyclic) bond motifs is 1. The molecular formula is C16H23BrN2O. The van der Waals surface area contributed by atoms with Crippen molar-refractivity contribution in [2.75, 3.05) is 24.5 Å². The van der Waals surface area contributed by atoms with Crippen molar-refractivity contribution in [3.63, 3.8) is 0 Å². The summed E-state index contributed by atoms with van der Waals surface area (Å²) < 4.78 is 1.08. The fourth-order valence-electron chi connectivity index (χ4n) is 3.64. The molecule has 3 nitrogen and oxygen atoms in total. The molecule has 3 rings (SSSR count). The first-order valence-corrected chi connectivity index (χ1v) is 8.34. The van der Waals surface area contributed by atoms with Crippen molar-refractivity contribution in [1.29, 1.82) is 0 Å². The molecule has 0 spiro atoms. The van der Waals surface area contributed by atoms with Crippen molar-refractivity contribution in [2.24, 2.45) is 0 Å². The van der Waals surface area contributed by atoms with Gasteiger partial charge in [-0.2, -0.15) is 0 Å². The Hall–Kier alpha value is -0.580. The highest BCUT2D eigenvalue weighted by atomic mass is 79.9. The van der Waals surface area contributed by atoms with Gasteiger partial charge in [-0.15, -0.1) is 0 Å². The van der Waals surface area contributed by atoms with E-state index in [1.54, 1.807) is 0 Å². The normalized spacial score (nSPS) is 28.5. The number of hydrogen-bond acceptors (Lipinski definition) is 3. The molecule has 1 aromatic carbocycles. The van der Waals surface area contributed by atoms with Crippen molar-refractivity contribution in [3.05, 3.63) is 28.2 Å². The molecule has 0 amide bonds. The quantitative estimate of drug-likeness (QED) is 0.897. The minimum atomic E-state index is -0.424. The van der Waals surface area contributed by atoms with Crippen molar-refractivity contribution in [2.45, 2.75) is 44.9 Å². The Morgan fingerprint density at radius 3 is 2.90 bits per heavy atom. The Kier molecular flexibility index (Phi) is 4.07. The van der Waals surface area contributed by atoms with E-state index in [0.717, 1.165) is 23.1 Å². The molecule has 0 saturated carbocycles. The van der Waals surface area contributed by atoms with E-state index in [1.165, 1.54) is 25.1 Å². The molecule has 3 atom stereocenters. The molecule has 4 heteroatoms. The van der Waals surface area contributed by atoms with E-state index in [-0.39, 0.29) is 0 Å². The standard InChI is InChI=1S/C16H23BrN2O/c1-11-9-18-7-3-4-14(18)10-19(11)16-8-13(17)5-6-15(16)12(2)20/h5-6,8,11-12,14,20H,3-4,7,9-10H2,1-2H3. The molecule has 2 saturated heterocycles. The smallest absolute Gasteiger partial charge is 0.0782 e. The molecule has 110 valence electrons. The molecule has 1 N–H and O–H groups in total. The van der Waals surface area contributed by atoms with Crippen molar-refractivity contribution in [1.82, 2.24) is 4.90 Å². The van der Waals surface area contributed by atoms with E-state index < -0.39 is 6.10 Å². The minimum Gasteiger partial charge on any atom is -0.389 e. The zero-order chi connectivity index (χ0) is 14.3. The van der Waals surface area contributed by atoms with E-state index in [2.05, 4.69) is 38.7 Å². The first kappa shape index (κ1) is 14.4. The van der Waals surface area contributed by atoms with Crippen molar-refractivity contribution < 1.29 is 5.11 Å². The Balaban J connectivity index is 1.93.